The van der Waals surface area contributed by atoms with E-state index in [1.165, 1.54) is 0 Å². The average molecular weight is 313 g/mol. The van der Waals surface area contributed by atoms with Gasteiger partial charge in [-0.25, -0.2) is 0 Å². The fourth-order valence-corrected chi connectivity index (χ4v) is 2.76. The standard InChI is InChI=1S/C7H4Br2ClNO/c8-3-1-4(9)6(7(11)12)5(10)2-3/h1-2H,(H2,11,12). The van der Waals surface area contributed by atoms with Crippen molar-refractivity contribution >= 4 is 49.4 Å². The van der Waals surface area contributed by atoms with Crippen LogP contribution >= 0.6 is 43.5 Å². The van der Waals surface area contributed by atoms with Gasteiger partial charge < -0.3 is 5.73 Å². The molecule has 1 amide bonds. The van der Waals surface area contributed by atoms with Gasteiger partial charge in [-0.15, -0.1) is 0 Å². The number of hydrogen-bond acceptors (Lipinski definition) is 1. The zero-order valence-electron chi connectivity index (χ0n) is 5.77. The zero-order chi connectivity index (χ0) is 9.30. The Balaban J connectivity index is 3.38. The minimum atomic E-state index is -0.542. The van der Waals surface area contributed by atoms with E-state index < -0.39 is 5.91 Å². The van der Waals surface area contributed by atoms with Crippen LogP contribution in [0.2, 0.25) is 5.02 Å². The molecule has 0 aliphatic rings. The Labute approximate surface area is 91.3 Å². The highest BCUT2D eigenvalue weighted by molar-refractivity contribution is 9.11. The normalized spacial score (nSPS) is 9.92. The van der Waals surface area contributed by atoms with Crippen molar-refractivity contribution in [1.29, 1.82) is 0 Å². The highest BCUT2D eigenvalue weighted by Gasteiger charge is 2.11. The van der Waals surface area contributed by atoms with Crippen LogP contribution in [0.25, 0.3) is 0 Å². The second kappa shape index (κ2) is 3.77. The molecule has 1 rings (SSSR count). The van der Waals surface area contributed by atoms with E-state index in [9.17, 15) is 4.79 Å². The van der Waals surface area contributed by atoms with Crippen molar-refractivity contribution in [2.75, 3.05) is 0 Å². The Hall–Kier alpha value is -0.0600. The number of nitrogens with two attached hydrogens (primary N) is 1. The van der Waals surface area contributed by atoms with Crippen LogP contribution < -0.4 is 5.73 Å². The Kier molecular flexibility index (Phi) is 3.15. The number of benzene rings is 1. The molecule has 0 bridgehead atoms. The van der Waals surface area contributed by atoms with Crippen LogP contribution in [0.4, 0.5) is 0 Å². The molecular formula is C7H4Br2ClNO. The molecule has 0 radical (unpaired) electrons. The van der Waals surface area contributed by atoms with Crippen LogP contribution in [-0.4, -0.2) is 5.91 Å². The Morgan fingerprint density at radius 2 is 2.00 bits per heavy atom. The summed E-state index contributed by atoms with van der Waals surface area (Å²) < 4.78 is 1.39. The Morgan fingerprint density at radius 1 is 1.42 bits per heavy atom. The summed E-state index contributed by atoms with van der Waals surface area (Å²) in [7, 11) is 0. The maximum Gasteiger partial charge on any atom is 0.251 e. The van der Waals surface area contributed by atoms with Gasteiger partial charge >= 0.3 is 0 Å². The average Bonchev–Trinajstić information content (AvgIpc) is 1.82. The van der Waals surface area contributed by atoms with Crippen molar-refractivity contribution in [3.8, 4) is 0 Å². The van der Waals surface area contributed by atoms with Crippen molar-refractivity contribution < 1.29 is 4.79 Å². The van der Waals surface area contributed by atoms with Gasteiger partial charge in [-0.05, 0) is 28.1 Å². The first kappa shape index (κ1) is 10.0. The minimum absolute atomic E-state index is 0.305. The lowest BCUT2D eigenvalue weighted by atomic mass is 10.2. The number of primary amides is 1. The van der Waals surface area contributed by atoms with Crippen LogP contribution in [0.5, 0.6) is 0 Å². The molecule has 2 nitrogen and oxygen atoms in total. The van der Waals surface area contributed by atoms with E-state index in [0.717, 1.165) is 4.47 Å². The number of amides is 1. The lowest BCUT2D eigenvalue weighted by molar-refractivity contribution is 0.0999. The molecule has 0 aromatic heterocycles. The van der Waals surface area contributed by atoms with Gasteiger partial charge in [0, 0.05) is 8.95 Å². The molecule has 0 heterocycles. The minimum Gasteiger partial charge on any atom is -0.366 e. The van der Waals surface area contributed by atoms with Crippen molar-refractivity contribution in [2.45, 2.75) is 0 Å². The number of halogens is 3. The first-order valence-electron chi connectivity index (χ1n) is 2.96. The molecule has 2 N–H and O–H groups in total. The third kappa shape index (κ3) is 2.00. The third-order valence-corrected chi connectivity index (χ3v) is 2.63. The van der Waals surface area contributed by atoms with Crippen molar-refractivity contribution in [3.63, 3.8) is 0 Å². The number of hydrogen-bond donors (Lipinski definition) is 1. The Bertz CT molecular complexity index is 317. The molecule has 5 heteroatoms. The molecule has 0 spiro atoms. The topological polar surface area (TPSA) is 43.1 Å². The molecule has 0 saturated heterocycles. The molecule has 0 unspecified atom stereocenters. The molecular weight excluding hydrogens is 309 g/mol. The smallest absolute Gasteiger partial charge is 0.251 e. The molecule has 0 saturated carbocycles. The van der Waals surface area contributed by atoms with Gasteiger partial charge in [-0.2, -0.15) is 0 Å². The molecule has 0 atom stereocenters. The molecule has 1 aromatic rings. The quantitative estimate of drug-likeness (QED) is 0.851. The summed E-state index contributed by atoms with van der Waals surface area (Å²) in [6.45, 7) is 0. The number of carbonyl (C=O) groups is 1. The highest BCUT2D eigenvalue weighted by Crippen LogP contribution is 2.28. The number of rotatable bonds is 1. The van der Waals surface area contributed by atoms with Crippen molar-refractivity contribution in [2.24, 2.45) is 5.73 Å². The van der Waals surface area contributed by atoms with E-state index in [4.69, 9.17) is 17.3 Å². The van der Waals surface area contributed by atoms with Crippen LogP contribution in [0.3, 0.4) is 0 Å². The van der Waals surface area contributed by atoms with Gasteiger partial charge in [0.05, 0.1) is 10.6 Å². The van der Waals surface area contributed by atoms with Crippen molar-refractivity contribution in [3.05, 3.63) is 31.7 Å². The van der Waals surface area contributed by atoms with Gasteiger partial charge in [0.1, 0.15) is 0 Å². The van der Waals surface area contributed by atoms with E-state index in [1.54, 1.807) is 12.1 Å². The summed E-state index contributed by atoms with van der Waals surface area (Å²) in [6, 6.07) is 3.33. The molecule has 0 aliphatic carbocycles. The van der Waals surface area contributed by atoms with Crippen LogP contribution in [-0.2, 0) is 0 Å². The largest absolute Gasteiger partial charge is 0.366 e. The Morgan fingerprint density at radius 3 is 2.42 bits per heavy atom. The monoisotopic (exact) mass is 311 g/mol. The van der Waals surface area contributed by atoms with E-state index in [2.05, 4.69) is 31.9 Å². The third-order valence-electron chi connectivity index (χ3n) is 1.25. The SMILES string of the molecule is NC(=O)c1c(Cl)cc(Br)cc1Br. The highest BCUT2D eigenvalue weighted by atomic mass is 79.9. The fraction of sp³-hybridized carbons (Fsp3) is 0. The molecule has 64 valence electrons. The molecule has 12 heavy (non-hydrogen) atoms. The van der Waals surface area contributed by atoms with Crippen LogP contribution in [0.15, 0.2) is 21.1 Å². The van der Waals surface area contributed by atoms with Crippen molar-refractivity contribution in [1.82, 2.24) is 0 Å². The predicted molar refractivity (Wildman–Crippen MR) is 55.4 cm³/mol. The lowest BCUT2D eigenvalue weighted by Gasteiger charge is -2.02. The maximum absolute atomic E-state index is 10.8. The summed E-state index contributed by atoms with van der Waals surface area (Å²) in [5.41, 5.74) is 5.40. The first-order valence-corrected chi connectivity index (χ1v) is 4.93. The van der Waals surface area contributed by atoms with E-state index >= 15 is 0 Å². The second-order valence-corrected chi connectivity index (χ2v) is 4.29. The summed E-state index contributed by atoms with van der Waals surface area (Å²) in [6.07, 6.45) is 0. The van der Waals surface area contributed by atoms with Gasteiger partial charge in [0.15, 0.2) is 0 Å². The molecule has 0 aliphatic heterocycles. The molecule has 1 aromatic carbocycles. The van der Waals surface area contributed by atoms with Gasteiger partial charge in [0.2, 0.25) is 0 Å². The number of carbonyl (C=O) groups excluding carboxylic acids is 1. The molecule has 0 fully saturated rings. The summed E-state index contributed by atoms with van der Waals surface area (Å²) in [5, 5.41) is 0.337. The van der Waals surface area contributed by atoms with Crippen LogP contribution in [0, 0.1) is 0 Å². The van der Waals surface area contributed by atoms with Gasteiger partial charge in [-0.1, -0.05) is 27.5 Å². The second-order valence-electron chi connectivity index (χ2n) is 2.11. The lowest BCUT2D eigenvalue weighted by Crippen LogP contribution is -2.12. The van der Waals surface area contributed by atoms with Gasteiger partial charge in [-0.3, -0.25) is 4.79 Å². The summed E-state index contributed by atoms with van der Waals surface area (Å²) in [5.74, 6) is -0.542. The first-order chi connectivity index (χ1) is 5.52. The summed E-state index contributed by atoms with van der Waals surface area (Å²) in [4.78, 5) is 10.8. The van der Waals surface area contributed by atoms with E-state index in [0.29, 0.717) is 15.1 Å². The van der Waals surface area contributed by atoms with Crippen LogP contribution in [0.1, 0.15) is 10.4 Å². The maximum atomic E-state index is 10.8. The van der Waals surface area contributed by atoms with E-state index in [-0.39, 0.29) is 0 Å². The predicted octanol–water partition coefficient (Wildman–Crippen LogP) is 2.96. The fourth-order valence-electron chi connectivity index (χ4n) is 0.778. The van der Waals surface area contributed by atoms with E-state index in [1.807, 2.05) is 0 Å². The zero-order valence-corrected chi connectivity index (χ0v) is 9.70. The summed E-state index contributed by atoms with van der Waals surface area (Å²) >= 11 is 12.2. The van der Waals surface area contributed by atoms with Gasteiger partial charge in [0.25, 0.3) is 5.91 Å².